The number of nitrogens with zero attached hydrogens (tertiary/aromatic N) is 2. The van der Waals surface area contributed by atoms with E-state index in [4.69, 9.17) is 9.26 Å². The Labute approximate surface area is 157 Å². The minimum absolute atomic E-state index is 0. The van der Waals surface area contributed by atoms with E-state index in [-0.39, 0.29) is 41.6 Å². The van der Waals surface area contributed by atoms with Gasteiger partial charge in [0.05, 0.1) is 13.1 Å². The molecule has 1 aromatic heterocycles. The average molecular weight is 448 g/mol. The molecule has 0 amide bonds. The van der Waals surface area contributed by atoms with Crippen LogP contribution in [0.15, 0.2) is 46.1 Å². The van der Waals surface area contributed by atoms with Gasteiger partial charge in [-0.15, -0.1) is 24.0 Å². The fraction of sp³-hybridized carbons (Fsp3) is 0.375. The van der Waals surface area contributed by atoms with Crippen molar-refractivity contribution in [2.45, 2.75) is 26.0 Å². The Morgan fingerprint density at radius 3 is 2.75 bits per heavy atom. The molecule has 2 rings (SSSR count). The standard InChI is InChI=1S/C16H21FN4O2.HI/c1-3-13(23-15-7-5-4-6-14(15)17)11-20-16(18-2)19-10-12-8-9-22-21-12;/h4-9,13H,3,10-11H2,1-2H3,(H2,18,19,20);1H. The molecule has 0 saturated heterocycles. The molecule has 8 heteroatoms. The number of aliphatic imine (C=N–C) groups is 1. The third kappa shape index (κ3) is 6.34. The second-order valence-electron chi connectivity index (χ2n) is 4.88. The second kappa shape index (κ2) is 10.8. The van der Waals surface area contributed by atoms with Gasteiger partial charge in [0.25, 0.3) is 0 Å². The molecule has 0 fully saturated rings. The van der Waals surface area contributed by atoms with Gasteiger partial charge in [-0.25, -0.2) is 4.39 Å². The van der Waals surface area contributed by atoms with Gasteiger partial charge in [0.2, 0.25) is 0 Å². The highest BCUT2D eigenvalue weighted by molar-refractivity contribution is 14.0. The summed E-state index contributed by atoms with van der Waals surface area (Å²) in [5, 5.41) is 10.1. The number of ether oxygens (including phenoxy) is 1. The van der Waals surface area contributed by atoms with Crippen LogP contribution in [0.4, 0.5) is 4.39 Å². The molecular weight excluding hydrogens is 426 g/mol. The largest absolute Gasteiger partial charge is 0.486 e. The smallest absolute Gasteiger partial charge is 0.191 e. The predicted molar refractivity (Wildman–Crippen MR) is 101 cm³/mol. The van der Waals surface area contributed by atoms with Crippen molar-refractivity contribution in [3.63, 3.8) is 0 Å². The highest BCUT2D eigenvalue weighted by Crippen LogP contribution is 2.17. The third-order valence-electron chi connectivity index (χ3n) is 3.23. The van der Waals surface area contributed by atoms with Crippen molar-refractivity contribution in [3.8, 4) is 5.75 Å². The van der Waals surface area contributed by atoms with Crippen molar-refractivity contribution < 1.29 is 13.7 Å². The maximum absolute atomic E-state index is 13.6. The van der Waals surface area contributed by atoms with Gasteiger partial charge in [-0.1, -0.05) is 24.2 Å². The van der Waals surface area contributed by atoms with Crippen LogP contribution in [0.3, 0.4) is 0 Å². The van der Waals surface area contributed by atoms with Crippen LogP contribution < -0.4 is 15.4 Å². The molecule has 2 N–H and O–H groups in total. The van der Waals surface area contributed by atoms with E-state index in [1.165, 1.54) is 12.3 Å². The van der Waals surface area contributed by atoms with E-state index in [1.54, 1.807) is 31.3 Å². The highest BCUT2D eigenvalue weighted by atomic mass is 127. The number of halogens is 2. The molecule has 0 aliphatic rings. The molecule has 1 unspecified atom stereocenters. The zero-order valence-electron chi connectivity index (χ0n) is 13.7. The number of hydrogen-bond donors (Lipinski definition) is 2. The highest BCUT2D eigenvalue weighted by Gasteiger charge is 2.12. The van der Waals surface area contributed by atoms with Crippen molar-refractivity contribution in [3.05, 3.63) is 48.1 Å². The minimum Gasteiger partial charge on any atom is -0.486 e. The Kier molecular flexibility index (Phi) is 9.13. The van der Waals surface area contributed by atoms with Gasteiger partial charge in [-0.3, -0.25) is 4.99 Å². The van der Waals surface area contributed by atoms with Gasteiger partial charge in [-0.2, -0.15) is 0 Å². The quantitative estimate of drug-likeness (QED) is 0.387. The molecule has 0 aliphatic heterocycles. The van der Waals surface area contributed by atoms with Crippen LogP contribution in [0.5, 0.6) is 5.75 Å². The second-order valence-corrected chi connectivity index (χ2v) is 4.88. The fourth-order valence-corrected chi connectivity index (χ4v) is 1.92. The van der Waals surface area contributed by atoms with E-state index >= 15 is 0 Å². The molecular formula is C16H22FIN4O2. The number of benzene rings is 1. The Morgan fingerprint density at radius 1 is 1.33 bits per heavy atom. The van der Waals surface area contributed by atoms with Crippen molar-refractivity contribution >= 4 is 29.9 Å². The topological polar surface area (TPSA) is 71.7 Å². The van der Waals surface area contributed by atoms with E-state index in [2.05, 4.69) is 20.8 Å². The molecule has 0 aliphatic carbocycles. The van der Waals surface area contributed by atoms with Crippen LogP contribution in [0.1, 0.15) is 19.0 Å². The summed E-state index contributed by atoms with van der Waals surface area (Å²) in [7, 11) is 1.68. The van der Waals surface area contributed by atoms with Crippen molar-refractivity contribution in [1.82, 2.24) is 15.8 Å². The Balaban J connectivity index is 0.00000288. The maximum atomic E-state index is 13.6. The molecule has 6 nitrogen and oxygen atoms in total. The molecule has 2 aromatic rings. The number of guanidine groups is 1. The normalized spacial score (nSPS) is 12.2. The SMILES string of the molecule is CCC(CNC(=NC)NCc1ccon1)Oc1ccccc1F.I. The number of nitrogens with one attached hydrogen (secondary N) is 2. The number of rotatable bonds is 7. The first kappa shape index (κ1) is 20.2. The van der Waals surface area contributed by atoms with Crippen LogP contribution in [-0.4, -0.2) is 30.8 Å². The molecule has 132 valence electrons. The Morgan fingerprint density at radius 2 is 2.12 bits per heavy atom. The van der Waals surface area contributed by atoms with Gasteiger partial charge in [0.15, 0.2) is 17.5 Å². The van der Waals surface area contributed by atoms with E-state index in [1.807, 2.05) is 6.92 Å². The summed E-state index contributed by atoms with van der Waals surface area (Å²) in [4.78, 5) is 4.12. The van der Waals surface area contributed by atoms with Crippen LogP contribution in [-0.2, 0) is 6.54 Å². The summed E-state index contributed by atoms with van der Waals surface area (Å²) in [5.41, 5.74) is 0.780. The molecule has 0 bridgehead atoms. The van der Waals surface area contributed by atoms with Crippen molar-refractivity contribution in [2.75, 3.05) is 13.6 Å². The minimum atomic E-state index is -0.362. The van der Waals surface area contributed by atoms with E-state index in [9.17, 15) is 4.39 Å². The number of para-hydroxylation sites is 1. The third-order valence-corrected chi connectivity index (χ3v) is 3.23. The summed E-state index contributed by atoms with van der Waals surface area (Å²) >= 11 is 0. The van der Waals surface area contributed by atoms with Gasteiger partial charge < -0.3 is 19.9 Å². The van der Waals surface area contributed by atoms with Crippen LogP contribution in [0.25, 0.3) is 0 Å². The lowest BCUT2D eigenvalue weighted by atomic mass is 10.2. The van der Waals surface area contributed by atoms with Gasteiger partial charge in [0, 0.05) is 13.1 Å². The van der Waals surface area contributed by atoms with Crippen LogP contribution in [0.2, 0.25) is 0 Å². The first-order valence-electron chi connectivity index (χ1n) is 7.48. The zero-order valence-corrected chi connectivity index (χ0v) is 16.0. The van der Waals surface area contributed by atoms with E-state index in [0.29, 0.717) is 19.0 Å². The maximum Gasteiger partial charge on any atom is 0.191 e. The monoisotopic (exact) mass is 448 g/mol. The van der Waals surface area contributed by atoms with E-state index in [0.717, 1.165) is 12.1 Å². The zero-order chi connectivity index (χ0) is 16.5. The van der Waals surface area contributed by atoms with Gasteiger partial charge in [0.1, 0.15) is 18.1 Å². The Hall–Kier alpha value is -1.84. The van der Waals surface area contributed by atoms with Crippen molar-refractivity contribution in [2.24, 2.45) is 4.99 Å². The molecule has 1 atom stereocenters. The molecule has 1 aromatic carbocycles. The van der Waals surface area contributed by atoms with Crippen molar-refractivity contribution in [1.29, 1.82) is 0 Å². The van der Waals surface area contributed by atoms with Gasteiger partial charge in [-0.05, 0) is 18.6 Å². The number of aromatic nitrogens is 1. The predicted octanol–water partition coefficient (Wildman–Crippen LogP) is 2.95. The lowest BCUT2D eigenvalue weighted by Crippen LogP contribution is -2.42. The first-order chi connectivity index (χ1) is 11.2. The summed E-state index contributed by atoms with van der Waals surface area (Å²) in [6.07, 6.45) is 2.09. The molecule has 1 heterocycles. The lowest BCUT2D eigenvalue weighted by molar-refractivity contribution is 0.191. The average Bonchev–Trinajstić information content (AvgIpc) is 3.09. The fourth-order valence-electron chi connectivity index (χ4n) is 1.92. The lowest BCUT2D eigenvalue weighted by Gasteiger charge is -2.20. The number of hydrogen-bond acceptors (Lipinski definition) is 4. The Bertz CT molecular complexity index is 622. The van der Waals surface area contributed by atoms with Gasteiger partial charge >= 0.3 is 0 Å². The summed E-state index contributed by atoms with van der Waals surface area (Å²) in [6.45, 7) is 2.99. The van der Waals surface area contributed by atoms with Crippen LogP contribution in [0, 0.1) is 5.82 Å². The molecule has 0 saturated carbocycles. The van der Waals surface area contributed by atoms with Crippen LogP contribution >= 0.6 is 24.0 Å². The molecule has 0 radical (unpaired) electrons. The summed E-state index contributed by atoms with van der Waals surface area (Å²) in [5.74, 6) is 0.509. The van der Waals surface area contributed by atoms with E-state index < -0.39 is 0 Å². The molecule has 0 spiro atoms. The molecule has 24 heavy (non-hydrogen) atoms. The first-order valence-corrected chi connectivity index (χ1v) is 7.48. The summed E-state index contributed by atoms with van der Waals surface area (Å²) < 4.78 is 24.1. The summed E-state index contributed by atoms with van der Waals surface area (Å²) in [6, 6.07) is 8.16.